The Morgan fingerprint density at radius 2 is 1.96 bits per heavy atom. The molecule has 1 N–H and O–H groups in total. The van der Waals surface area contributed by atoms with Crippen LogP contribution in [-0.2, 0) is 16.1 Å². The molecule has 0 fully saturated rings. The average Bonchev–Trinajstić information content (AvgIpc) is 2.82. The number of hydrogen-bond acceptors (Lipinski definition) is 4. The molecular weight excluding hydrogens is 377 g/mol. The summed E-state index contributed by atoms with van der Waals surface area (Å²) in [6.07, 6.45) is 0. The van der Waals surface area contributed by atoms with Gasteiger partial charge in [0.2, 0.25) is 0 Å². The third kappa shape index (κ3) is 4.99. The van der Waals surface area contributed by atoms with Gasteiger partial charge in [-0.1, -0.05) is 43.1 Å². The number of ether oxygens (including phenoxy) is 1. The molecule has 1 aromatic carbocycles. The van der Waals surface area contributed by atoms with Gasteiger partial charge in [0.25, 0.3) is 5.91 Å². The van der Waals surface area contributed by atoms with Crippen molar-refractivity contribution in [2.75, 3.05) is 11.9 Å². The van der Waals surface area contributed by atoms with Crippen LogP contribution in [0.5, 0.6) is 0 Å². The van der Waals surface area contributed by atoms with E-state index in [-0.39, 0.29) is 10.7 Å². The second kappa shape index (κ2) is 8.56. The van der Waals surface area contributed by atoms with E-state index in [1.54, 1.807) is 29.8 Å². The van der Waals surface area contributed by atoms with Gasteiger partial charge in [-0.15, -0.1) is 0 Å². The number of rotatable bonds is 6. The maximum absolute atomic E-state index is 12.3. The van der Waals surface area contributed by atoms with Crippen LogP contribution in [-0.4, -0.2) is 28.3 Å². The van der Waals surface area contributed by atoms with Crippen LogP contribution >= 0.6 is 23.2 Å². The molecule has 6 nitrogen and oxygen atoms in total. The number of anilines is 1. The normalized spacial score (nSPS) is 10.9. The van der Waals surface area contributed by atoms with E-state index in [0.29, 0.717) is 28.9 Å². The lowest BCUT2D eigenvalue weighted by Crippen LogP contribution is -2.21. The van der Waals surface area contributed by atoms with Gasteiger partial charge in [0.05, 0.1) is 5.69 Å². The lowest BCUT2D eigenvalue weighted by molar-refractivity contribution is -0.119. The minimum Gasteiger partial charge on any atom is -0.452 e. The highest BCUT2D eigenvalue weighted by Gasteiger charge is 2.22. The lowest BCUT2D eigenvalue weighted by atomic mass is 10.2. The van der Waals surface area contributed by atoms with Crippen LogP contribution in [0.15, 0.2) is 18.2 Å². The average molecular weight is 398 g/mol. The number of aryl methyl sites for hydroxylation is 2. The highest BCUT2D eigenvalue weighted by atomic mass is 35.5. The van der Waals surface area contributed by atoms with E-state index in [9.17, 15) is 9.59 Å². The number of halogens is 2. The molecule has 0 aliphatic rings. The molecule has 0 saturated carbocycles. The summed E-state index contributed by atoms with van der Waals surface area (Å²) in [5.41, 5.74) is 2.06. The van der Waals surface area contributed by atoms with E-state index in [4.69, 9.17) is 27.9 Å². The number of carbonyl (C=O) groups is 2. The number of benzene rings is 1. The molecule has 1 heterocycles. The molecule has 2 aromatic rings. The number of aromatic nitrogens is 2. The van der Waals surface area contributed by atoms with Gasteiger partial charge in [-0.25, -0.2) is 4.79 Å². The summed E-state index contributed by atoms with van der Waals surface area (Å²) in [4.78, 5) is 24.3. The van der Waals surface area contributed by atoms with Gasteiger partial charge >= 0.3 is 5.97 Å². The Balaban J connectivity index is 2.01. The highest BCUT2D eigenvalue weighted by molar-refractivity contribution is 6.32. The van der Waals surface area contributed by atoms with E-state index in [0.717, 1.165) is 5.56 Å². The monoisotopic (exact) mass is 397 g/mol. The van der Waals surface area contributed by atoms with Gasteiger partial charge in [0.1, 0.15) is 10.7 Å². The molecule has 0 spiro atoms. The third-order valence-corrected chi connectivity index (χ3v) is 4.23. The van der Waals surface area contributed by atoms with Crippen LogP contribution in [0.1, 0.15) is 35.5 Å². The fourth-order valence-corrected chi connectivity index (χ4v) is 2.86. The molecule has 1 aromatic heterocycles. The molecule has 0 bridgehead atoms. The third-order valence-electron chi connectivity index (χ3n) is 3.62. The zero-order valence-corrected chi connectivity index (χ0v) is 16.6. The molecule has 26 heavy (non-hydrogen) atoms. The molecule has 0 unspecified atom stereocenters. The quantitative estimate of drug-likeness (QED) is 0.738. The Morgan fingerprint density at radius 3 is 2.62 bits per heavy atom. The summed E-state index contributed by atoms with van der Waals surface area (Å²) in [5.74, 6) is -0.824. The van der Waals surface area contributed by atoms with Crippen molar-refractivity contribution in [2.45, 2.75) is 34.2 Å². The molecule has 8 heteroatoms. The van der Waals surface area contributed by atoms with Gasteiger partial charge in [0, 0.05) is 17.3 Å². The number of carbonyl (C=O) groups excluding carboxylic acids is 2. The molecule has 1 amide bonds. The topological polar surface area (TPSA) is 73.2 Å². The lowest BCUT2D eigenvalue weighted by Gasteiger charge is -2.09. The fourth-order valence-electron chi connectivity index (χ4n) is 2.37. The largest absolute Gasteiger partial charge is 0.452 e. The molecule has 0 atom stereocenters. The summed E-state index contributed by atoms with van der Waals surface area (Å²) >= 11 is 12.2. The van der Waals surface area contributed by atoms with Gasteiger partial charge in [-0.05, 0) is 37.5 Å². The van der Waals surface area contributed by atoms with Gasteiger partial charge in [0.15, 0.2) is 6.61 Å². The minimum absolute atomic E-state index is 0.180. The summed E-state index contributed by atoms with van der Waals surface area (Å²) in [6.45, 7) is 7.71. The predicted octanol–water partition coefficient (Wildman–Crippen LogP) is 4.26. The van der Waals surface area contributed by atoms with Gasteiger partial charge < -0.3 is 10.1 Å². The van der Waals surface area contributed by atoms with Crippen molar-refractivity contribution in [3.8, 4) is 0 Å². The number of hydrogen-bond donors (Lipinski definition) is 1. The van der Waals surface area contributed by atoms with Crippen molar-refractivity contribution in [1.82, 2.24) is 9.78 Å². The Bertz CT molecular complexity index is 831. The molecule has 0 radical (unpaired) electrons. The summed E-state index contributed by atoms with van der Waals surface area (Å²) in [6, 6.07) is 5.15. The number of esters is 1. The number of nitrogens with one attached hydrogen (secondary N) is 1. The van der Waals surface area contributed by atoms with Crippen LogP contribution in [0, 0.1) is 19.8 Å². The van der Waals surface area contributed by atoms with Crippen molar-refractivity contribution >= 4 is 40.8 Å². The van der Waals surface area contributed by atoms with E-state index in [2.05, 4.69) is 10.4 Å². The smallest absolute Gasteiger partial charge is 0.343 e. The van der Waals surface area contributed by atoms with Gasteiger partial charge in [-0.2, -0.15) is 5.10 Å². The highest BCUT2D eigenvalue weighted by Crippen LogP contribution is 2.22. The van der Waals surface area contributed by atoms with Crippen LogP contribution in [0.4, 0.5) is 5.69 Å². The second-order valence-electron chi connectivity index (χ2n) is 6.41. The van der Waals surface area contributed by atoms with Crippen molar-refractivity contribution in [2.24, 2.45) is 5.92 Å². The molecule has 140 valence electrons. The SMILES string of the molecule is Cc1ccc(Cl)cc1NC(=O)COC(=O)c1c(C)nn(CC(C)C)c1Cl. The zero-order chi connectivity index (χ0) is 19.4. The van der Waals surface area contributed by atoms with Crippen molar-refractivity contribution in [3.05, 3.63) is 45.2 Å². The van der Waals surface area contributed by atoms with Crippen molar-refractivity contribution < 1.29 is 14.3 Å². The second-order valence-corrected chi connectivity index (χ2v) is 7.21. The first-order valence-electron chi connectivity index (χ1n) is 8.15. The van der Waals surface area contributed by atoms with E-state index >= 15 is 0 Å². The first-order chi connectivity index (χ1) is 12.2. The molecule has 2 rings (SSSR count). The first kappa shape index (κ1) is 20.3. The molecule has 0 saturated heterocycles. The van der Waals surface area contributed by atoms with E-state index in [1.165, 1.54) is 0 Å². The minimum atomic E-state index is -0.680. The van der Waals surface area contributed by atoms with Crippen molar-refractivity contribution in [1.29, 1.82) is 0 Å². The Morgan fingerprint density at radius 1 is 1.27 bits per heavy atom. The summed E-state index contributed by atoms with van der Waals surface area (Å²) in [7, 11) is 0. The van der Waals surface area contributed by atoms with Crippen molar-refractivity contribution in [3.63, 3.8) is 0 Å². The van der Waals surface area contributed by atoms with E-state index in [1.807, 2.05) is 20.8 Å². The number of nitrogens with zero attached hydrogens (tertiary/aromatic N) is 2. The summed E-state index contributed by atoms with van der Waals surface area (Å²) in [5, 5.41) is 7.64. The maximum atomic E-state index is 12.3. The Hall–Kier alpha value is -2.05. The predicted molar refractivity (Wildman–Crippen MR) is 102 cm³/mol. The molecule has 0 aliphatic heterocycles. The maximum Gasteiger partial charge on any atom is 0.343 e. The molecule has 0 aliphatic carbocycles. The van der Waals surface area contributed by atoms with Gasteiger partial charge in [-0.3, -0.25) is 9.48 Å². The fraction of sp³-hybridized carbons (Fsp3) is 0.389. The summed E-state index contributed by atoms with van der Waals surface area (Å²) < 4.78 is 6.65. The van der Waals surface area contributed by atoms with Crippen LogP contribution in [0.2, 0.25) is 10.2 Å². The Labute approximate surface area is 162 Å². The Kier molecular flexibility index (Phi) is 6.67. The first-order valence-corrected chi connectivity index (χ1v) is 8.90. The van der Waals surface area contributed by atoms with Crippen LogP contribution in [0.3, 0.4) is 0 Å². The van der Waals surface area contributed by atoms with Crippen LogP contribution < -0.4 is 5.32 Å². The van der Waals surface area contributed by atoms with E-state index < -0.39 is 18.5 Å². The van der Waals surface area contributed by atoms with Crippen LogP contribution in [0.25, 0.3) is 0 Å². The standard InChI is InChI=1S/C18H21Cl2N3O3/c1-10(2)8-23-17(20)16(12(4)22-23)18(25)26-9-15(24)21-14-7-13(19)6-5-11(14)3/h5-7,10H,8-9H2,1-4H3,(H,21,24). The molecular formula is C18H21Cl2N3O3. The zero-order valence-electron chi connectivity index (χ0n) is 15.1. The number of amides is 1.